The third-order valence-electron chi connectivity index (χ3n) is 5.60. The van der Waals surface area contributed by atoms with Gasteiger partial charge in [0.05, 0.1) is 11.4 Å². The van der Waals surface area contributed by atoms with Crippen LogP contribution < -0.4 is 10.7 Å². The average Bonchev–Trinajstić information content (AvgIpc) is 2.78. The maximum atomic E-state index is 13.4. The van der Waals surface area contributed by atoms with Crippen molar-refractivity contribution >= 4 is 33.2 Å². The minimum absolute atomic E-state index is 0.0386. The Hall–Kier alpha value is -3.04. The molecular weight excluding hydrogens is 452 g/mol. The lowest BCUT2D eigenvalue weighted by molar-refractivity contribution is -0.121. The Kier molecular flexibility index (Phi) is 9.35. The summed E-state index contributed by atoms with van der Waals surface area (Å²) in [6, 6.07) is 15.0. The van der Waals surface area contributed by atoms with Crippen LogP contribution in [0.15, 0.2) is 64.6 Å². The molecule has 0 saturated heterocycles. The highest BCUT2D eigenvalue weighted by Gasteiger charge is 2.27. The maximum Gasteiger partial charge on any atom is 0.255 e. The van der Waals surface area contributed by atoms with Crippen molar-refractivity contribution in [1.82, 2.24) is 9.73 Å². The van der Waals surface area contributed by atoms with E-state index in [1.54, 1.807) is 0 Å². The molecule has 0 spiro atoms. The molecule has 2 aromatic rings. The number of carbonyl (C=O) groups excluding carboxylic acids is 2. The molecule has 1 aliphatic carbocycles. The van der Waals surface area contributed by atoms with Gasteiger partial charge in [-0.25, -0.2) is 13.8 Å². The van der Waals surface area contributed by atoms with Crippen molar-refractivity contribution < 1.29 is 18.0 Å². The van der Waals surface area contributed by atoms with E-state index in [4.69, 9.17) is 0 Å². The monoisotopic (exact) mass is 484 g/mol. The first kappa shape index (κ1) is 25.6. The summed E-state index contributed by atoms with van der Waals surface area (Å²) < 4.78 is 28.0. The van der Waals surface area contributed by atoms with Gasteiger partial charge in [-0.2, -0.15) is 9.41 Å². The van der Waals surface area contributed by atoms with Crippen molar-refractivity contribution in [1.29, 1.82) is 0 Å². The van der Waals surface area contributed by atoms with Gasteiger partial charge in [0.25, 0.3) is 5.91 Å². The number of benzene rings is 2. The smallest absolute Gasteiger partial charge is 0.255 e. The summed E-state index contributed by atoms with van der Waals surface area (Å²) in [6.45, 7) is 1.06. The Morgan fingerprint density at radius 1 is 0.912 bits per heavy atom. The molecule has 0 aliphatic heterocycles. The minimum atomic E-state index is -3.98. The van der Waals surface area contributed by atoms with Crippen LogP contribution in [0.1, 0.15) is 57.4 Å². The van der Waals surface area contributed by atoms with Gasteiger partial charge in [0.15, 0.2) is 0 Å². The Morgan fingerprint density at radius 2 is 1.53 bits per heavy atom. The SMILES string of the molecule is CC(=O)Nc1ccc(S(=O)(=O)N(CC(=O)NN=C2CCCCCCC2)Cc2ccccc2)cc1. The summed E-state index contributed by atoms with van der Waals surface area (Å²) >= 11 is 0. The zero-order chi connectivity index (χ0) is 24.4. The Labute approximate surface area is 201 Å². The van der Waals surface area contributed by atoms with Crippen LogP contribution >= 0.6 is 0 Å². The summed E-state index contributed by atoms with van der Waals surface area (Å²) in [5.41, 5.74) is 4.78. The fourth-order valence-electron chi connectivity index (χ4n) is 3.84. The number of hydrazone groups is 1. The molecule has 9 heteroatoms. The molecule has 34 heavy (non-hydrogen) atoms. The summed E-state index contributed by atoms with van der Waals surface area (Å²) in [6.07, 6.45) is 7.38. The standard InChI is InChI=1S/C25H32N4O4S/c1-20(30)26-22-14-16-24(17-15-22)34(32,33)29(18-21-10-6-5-7-11-21)19-25(31)28-27-23-12-8-3-2-4-9-13-23/h5-7,10-11,14-17H,2-4,8-9,12-13,18-19H2,1H3,(H,26,30)(H,28,31). The van der Waals surface area contributed by atoms with E-state index >= 15 is 0 Å². The predicted octanol–water partition coefficient (Wildman–Crippen LogP) is 4.05. The number of hydrogen-bond donors (Lipinski definition) is 2. The van der Waals surface area contributed by atoms with Crippen LogP contribution in [-0.4, -0.2) is 36.8 Å². The quantitative estimate of drug-likeness (QED) is 0.551. The molecule has 1 saturated carbocycles. The fraction of sp³-hybridized carbons (Fsp3) is 0.400. The Morgan fingerprint density at radius 3 is 2.15 bits per heavy atom. The van der Waals surface area contributed by atoms with E-state index in [9.17, 15) is 18.0 Å². The maximum absolute atomic E-state index is 13.4. The highest BCUT2D eigenvalue weighted by Crippen LogP contribution is 2.21. The molecule has 0 bridgehead atoms. The van der Waals surface area contributed by atoms with Gasteiger partial charge < -0.3 is 5.32 Å². The van der Waals surface area contributed by atoms with E-state index in [-0.39, 0.29) is 23.9 Å². The Balaban J connectivity index is 1.77. The summed E-state index contributed by atoms with van der Waals surface area (Å²) in [4.78, 5) is 24.0. The van der Waals surface area contributed by atoms with Gasteiger partial charge in [-0.1, -0.05) is 49.6 Å². The van der Waals surface area contributed by atoms with Crippen molar-refractivity contribution in [3.63, 3.8) is 0 Å². The van der Waals surface area contributed by atoms with Crippen LogP contribution in [0.4, 0.5) is 5.69 Å². The second-order valence-electron chi connectivity index (χ2n) is 8.45. The topological polar surface area (TPSA) is 108 Å². The number of anilines is 1. The van der Waals surface area contributed by atoms with Gasteiger partial charge in [-0.3, -0.25) is 9.59 Å². The molecule has 182 valence electrons. The number of nitrogens with one attached hydrogen (secondary N) is 2. The minimum Gasteiger partial charge on any atom is -0.326 e. The van der Waals surface area contributed by atoms with E-state index in [1.165, 1.54) is 37.6 Å². The van der Waals surface area contributed by atoms with Crippen molar-refractivity contribution in [2.24, 2.45) is 5.10 Å². The van der Waals surface area contributed by atoms with Gasteiger partial charge in [0.2, 0.25) is 15.9 Å². The van der Waals surface area contributed by atoms with Crippen LogP contribution in [0, 0.1) is 0 Å². The third kappa shape index (κ3) is 7.78. The van der Waals surface area contributed by atoms with Crippen LogP contribution in [0.2, 0.25) is 0 Å². The largest absolute Gasteiger partial charge is 0.326 e. The van der Waals surface area contributed by atoms with E-state index in [0.717, 1.165) is 54.1 Å². The number of rotatable bonds is 8. The van der Waals surface area contributed by atoms with Gasteiger partial charge in [-0.15, -0.1) is 0 Å². The second-order valence-corrected chi connectivity index (χ2v) is 10.4. The lowest BCUT2D eigenvalue weighted by Crippen LogP contribution is -2.39. The molecule has 1 aliphatic rings. The molecule has 0 heterocycles. The predicted molar refractivity (Wildman–Crippen MR) is 133 cm³/mol. The van der Waals surface area contributed by atoms with Crippen LogP contribution in [0.3, 0.4) is 0 Å². The van der Waals surface area contributed by atoms with E-state index in [0.29, 0.717) is 5.69 Å². The fourth-order valence-corrected chi connectivity index (χ4v) is 5.22. The first-order valence-corrected chi connectivity index (χ1v) is 13.0. The molecule has 8 nitrogen and oxygen atoms in total. The molecule has 1 fully saturated rings. The van der Waals surface area contributed by atoms with Gasteiger partial charge in [0, 0.05) is 24.9 Å². The zero-order valence-electron chi connectivity index (χ0n) is 19.5. The number of amides is 2. The van der Waals surface area contributed by atoms with Gasteiger partial charge >= 0.3 is 0 Å². The molecule has 0 atom stereocenters. The number of carbonyl (C=O) groups is 2. The van der Waals surface area contributed by atoms with Crippen molar-refractivity contribution in [3.05, 3.63) is 60.2 Å². The van der Waals surface area contributed by atoms with Gasteiger partial charge in [0.1, 0.15) is 0 Å². The highest BCUT2D eigenvalue weighted by molar-refractivity contribution is 7.89. The number of sulfonamides is 1. The zero-order valence-corrected chi connectivity index (χ0v) is 20.3. The lowest BCUT2D eigenvalue weighted by Gasteiger charge is -2.22. The van der Waals surface area contributed by atoms with Crippen LogP contribution in [0.5, 0.6) is 0 Å². The van der Waals surface area contributed by atoms with E-state index in [2.05, 4.69) is 15.8 Å². The number of hydrogen-bond acceptors (Lipinski definition) is 5. The first-order chi connectivity index (χ1) is 16.3. The number of nitrogens with zero attached hydrogens (tertiary/aromatic N) is 2. The van der Waals surface area contributed by atoms with E-state index in [1.807, 2.05) is 30.3 Å². The van der Waals surface area contributed by atoms with Gasteiger partial charge in [-0.05, 0) is 55.5 Å². The molecule has 0 aromatic heterocycles. The normalized spacial score (nSPS) is 14.7. The summed E-state index contributed by atoms with van der Waals surface area (Å²) in [5.74, 6) is -0.729. The molecule has 2 amide bonds. The molecule has 2 N–H and O–H groups in total. The van der Waals surface area contributed by atoms with Crippen LogP contribution in [0.25, 0.3) is 0 Å². The molecule has 0 unspecified atom stereocenters. The molecule has 3 rings (SSSR count). The second kappa shape index (κ2) is 12.4. The van der Waals surface area contributed by atoms with Crippen molar-refractivity contribution in [3.8, 4) is 0 Å². The first-order valence-electron chi connectivity index (χ1n) is 11.6. The molecule has 2 aromatic carbocycles. The van der Waals surface area contributed by atoms with E-state index < -0.39 is 15.9 Å². The van der Waals surface area contributed by atoms with Crippen molar-refractivity contribution in [2.45, 2.75) is 63.3 Å². The van der Waals surface area contributed by atoms with Crippen LogP contribution in [-0.2, 0) is 26.2 Å². The lowest BCUT2D eigenvalue weighted by atomic mass is 9.99. The highest BCUT2D eigenvalue weighted by atomic mass is 32.2. The Bertz CT molecular complexity index is 1090. The third-order valence-corrected chi connectivity index (χ3v) is 7.41. The summed E-state index contributed by atoms with van der Waals surface area (Å²) in [7, 11) is -3.98. The summed E-state index contributed by atoms with van der Waals surface area (Å²) in [5, 5.41) is 6.91. The molecular formula is C25H32N4O4S. The van der Waals surface area contributed by atoms with Crippen molar-refractivity contribution in [2.75, 3.05) is 11.9 Å². The average molecular weight is 485 g/mol. The molecule has 0 radical (unpaired) electrons.